The minimum atomic E-state index is 0.0335. The van der Waals surface area contributed by atoms with Gasteiger partial charge in [-0.3, -0.25) is 0 Å². The molecule has 0 unspecified atom stereocenters. The smallest absolute Gasteiger partial charge is 0.162 e. The predicted octanol–water partition coefficient (Wildman–Crippen LogP) is -0.657. The van der Waals surface area contributed by atoms with E-state index < -0.39 is 0 Å². The zero-order valence-corrected chi connectivity index (χ0v) is 7.55. The topological polar surface area (TPSA) is 141 Å². The highest BCUT2D eigenvalue weighted by Crippen LogP contribution is 2.12. The number of hydrogen-bond acceptors (Lipinski definition) is 6. The van der Waals surface area contributed by atoms with E-state index in [1.807, 2.05) is 0 Å². The third-order valence-corrected chi connectivity index (χ3v) is 1.40. The molecule has 1 rings (SSSR count). The van der Waals surface area contributed by atoms with Crippen molar-refractivity contribution >= 4 is 17.5 Å². The van der Waals surface area contributed by atoms with E-state index in [1.54, 1.807) is 0 Å². The van der Waals surface area contributed by atoms with Gasteiger partial charge in [-0.05, 0) is 5.22 Å². The molecule has 8 heteroatoms. The summed E-state index contributed by atoms with van der Waals surface area (Å²) in [4.78, 5) is 7.45. The van der Waals surface area contributed by atoms with Gasteiger partial charge in [-0.1, -0.05) is 0 Å². The Kier molecular flexibility index (Phi) is 2.89. The summed E-state index contributed by atoms with van der Waals surface area (Å²) in [5.74, 6) is 0.348. The molecule has 0 saturated heterocycles. The van der Waals surface area contributed by atoms with Crippen LogP contribution in [0.2, 0.25) is 0 Å². The average molecular weight is 194 g/mol. The second-order valence-electron chi connectivity index (χ2n) is 2.29. The maximum Gasteiger partial charge on any atom is 0.162 e. The van der Waals surface area contributed by atoms with Crippen LogP contribution in [0.3, 0.4) is 0 Å². The highest BCUT2D eigenvalue weighted by Gasteiger charge is 2.10. The first-order valence-corrected chi connectivity index (χ1v) is 3.65. The number of hydrogen-bond donors (Lipinski definition) is 3. The minimum Gasteiger partial charge on any atom is -0.383 e. The highest BCUT2D eigenvalue weighted by molar-refractivity contribution is 6.04. The van der Waals surface area contributed by atoms with Gasteiger partial charge >= 0.3 is 0 Å². The van der Waals surface area contributed by atoms with E-state index in [4.69, 9.17) is 17.2 Å². The van der Waals surface area contributed by atoms with Crippen LogP contribution in [0.15, 0.2) is 21.8 Å². The van der Waals surface area contributed by atoms with Gasteiger partial charge in [0.2, 0.25) is 0 Å². The van der Waals surface area contributed by atoms with Crippen LogP contribution in [0.5, 0.6) is 0 Å². The molecule has 0 bridgehead atoms. The van der Waals surface area contributed by atoms with E-state index in [0.717, 1.165) is 0 Å². The molecular weight excluding hydrogens is 184 g/mol. The molecular formula is C6H10N8. The third kappa shape index (κ3) is 1.91. The number of anilines is 2. The van der Waals surface area contributed by atoms with Crippen molar-refractivity contribution in [3.8, 4) is 0 Å². The Hall–Kier alpha value is -2.25. The molecule has 0 aliphatic carbocycles. The van der Waals surface area contributed by atoms with Gasteiger partial charge in [0.1, 0.15) is 23.5 Å². The van der Waals surface area contributed by atoms with Crippen LogP contribution in [0.4, 0.5) is 11.6 Å². The molecule has 0 spiro atoms. The molecule has 0 fully saturated rings. The molecule has 14 heavy (non-hydrogen) atoms. The lowest BCUT2D eigenvalue weighted by atomic mass is 10.2. The minimum absolute atomic E-state index is 0.0335. The molecule has 1 heterocycles. The van der Waals surface area contributed by atoms with Gasteiger partial charge in [-0.25, -0.2) is 9.97 Å². The lowest BCUT2D eigenvalue weighted by Crippen LogP contribution is -2.18. The van der Waals surface area contributed by atoms with Crippen molar-refractivity contribution in [1.29, 1.82) is 0 Å². The van der Waals surface area contributed by atoms with E-state index in [9.17, 15) is 0 Å². The molecule has 0 atom stereocenters. The lowest BCUT2D eigenvalue weighted by Gasteiger charge is -2.03. The van der Waals surface area contributed by atoms with Crippen LogP contribution in [0.1, 0.15) is 5.56 Å². The normalized spacial score (nSPS) is 12.2. The van der Waals surface area contributed by atoms with Crippen LogP contribution >= 0.6 is 0 Å². The molecule has 1 aromatic rings. The standard InChI is InChI=1S/C6H10N8/c1-10-14-13-6(9)3-4(7)11-2-12-5(3)8/h2H,1H3,(H2,9,10,13)(H4,7,8,11,12). The average Bonchev–Trinajstić information content (AvgIpc) is 2.14. The highest BCUT2D eigenvalue weighted by atomic mass is 15.4. The molecule has 1 aromatic heterocycles. The van der Waals surface area contributed by atoms with Gasteiger partial charge in [-0.15, -0.1) is 5.10 Å². The van der Waals surface area contributed by atoms with Crippen LogP contribution in [-0.4, -0.2) is 22.9 Å². The quantitative estimate of drug-likeness (QED) is 0.248. The van der Waals surface area contributed by atoms with E-state index in [2.05, 4.69) is 25.4 Å². The number of rotatable bonds is 2. The Labute approximate surface area is 79.9 Å². The fourth-order valence-corrected chi connectivity index (χ4v) is 0.819. The largest absolute Gasteiger partial charge is 0.383 e. The van der Waals surface area contributed by atoms with Gasteiger partial charge in [0.25, 0.3) is 0 Å². The van der Waals surface area contributed by atoms with Crippen molar-refractivity contribution in [2.45, 2.75) is 0 Å². The van der Waals surface area contributed by atoms with Crippen molar-refractivity contribution in [3.05, 3.63) is 11.9 Å². The lowest BCUT2D eigenvalue weighted by molar-refractivity contribution is 1.01. The van der Waals surface area contributed by atoms with Gasteiger partial charge in [-0.2, -0.15) is 5.11 Å². The fraction of sp³-hybridized carbons (Fsp3) is 0.167. The Balaban J connectivity index is 3.18. The Bertz CT molecular complexity index is 361. The van der Waals surface area contributed by atoms with Crippen LogP contribution < -0.4 is 17.2 Å². The Morgan fingerprint density at radius 1 is 1.29 bits per heavy atom. The van der Waals surface area contributed by atoms with E-state index in [0.29, 0.717) is 0 Å². The molecule has 0 saturated carbocycles. The molecule has 0 radical (unpaired) electrons. The van der Waals surface area contributed by atoms with Crippen molar-refractivity contribution in [2.24, 2.45) is 21.2 Å². The number of aromatic nitrogens is 2. The van der Waals surface area contributed by atoms with Crippen molar-refractivity contribution in [1.82, 2.24) is 9.97 Å². The summed E-state index contributed by atoms with van der Waals surface area (Å²) in [5.41, 5.74) is 16.9. The van der Waals surface area contributed by atoms with Crippen molar-refractivity contribution in [2.75, 3.05) is 18.5 Å². The van der Waals surface area contributed by atoms with Crippen LogP contribution in [0.25, 0.3) is 0 Å². The van der Waals surface area contributed by atoms with Gasteiger partial charge in [0.15, 0.2) is 5.84 Å². The molecule has 0 aliphatic heterocycles. The zero-order chi connectivity index (χ0) is 10.6. The first-order chi connectivity index (χ1) is 6.66. The number of nitrogens with zero attached hydrogens (tertiary/aromatic N) is 5. The Morgan fingerprint density at radius 3 is 2.36 bits per heavy atom. The number of nitrogen functional groups attached to an aromatic ring is 2. The molecule has 8 nitrogen and oxygen atoms in total. The molecule has 0 aliphatic rings. The Morgan fingerprint density at radius 2 is 1.86 bits per heavy atom. The maximum absolute atomic E-state index is 5.54. The second-order valence-corrected chi connectivity index (χ2v) is 2.29. The van der Waals surface area contributed by atoms with Crippen molar-refractivity contribution in [3.63, 3.8) is 0 Å². The van der Waals surface area contributed by atoms with E-state index in [1.165, 1.54) is 13.4 Å². The predicted molar refractivity (Wildman–Crippen MR) is 52.4 cm³/mol. The summed E-state index contributed by atoms with van der Waals surface area (Å²) >= 11 is 0. The molecule has 0 aromatic carbocycles. The summed E-state index contributed by atoms with van der Waals surface area (Å²) in [7, 11) is 1.46. The van der Waals surface area contributed by atoms with Gasteiger partial charge in [0, 0.05) is 0 Å². The molecule has 0 amide bonds. The molecule has 74 valence electrons. The first-order valence-electron chi connectivity index (χ1n) is 3.65. The van der Waals surface area contributed by atoms with Gasteiger partial charge in [0.05, 0.1) is 7.05 Å². The van der Waals surface area contributed by atoms with E-state index in [-0.39, 0.29) is 23.0 Å². The number of amidine groups is 1. The van der Waals surface area contributed by atoms with Crippen LogP contribution in [0, 0.1) is 0 Å². The molecule has 6 N–H and O–H groups in total. The monoisotopic (exact) mass is 194 g/mol. The second kappa shape index (κ2) is 4.12. The van der Waals surface area contributed by atoms with Gasteiger partial charge < -0.3 is 17.2 Å². The summed E-state index contributed by atoms with van der Waals surface area (Å²) in [6.45, 7) is 0. The third-order valence-electron chi connectivity index (χ3n) is 1.40. The SMILES string of the molecule is CN=N/N=C(\N)c1c(N)ncnc1N. The van der Waals surface area contributed by atoms with E-state index >= 15 is 0 Å². The summed E-state index contributed by atoms with van der Waals surface area (Å²) in [5, 5.41) is 10.3. The zero-order valence-electron chi connectivity index (χ0n) is 7.55. The number of nitrogens with two attached hydrogens (primary N) is 3. The summed E-state index contributed by atoms with van der Waals surface area (Å²) in [6.07, 6.45) is 1.24. The maximum atomic E-state index is 5.54. The fourth-order valence-electron chi connectivity index (χ4n) is 0.819. The summed E-state index contributed by atoms with van der Waals surface area (Å²) in [6, 6.07) is 0. The first kappa shape index (κ1) is 9.84. The van der Waals surface area contributed by atoms with Crippen LogP contribution in [-0.2, 0) is 0 Å². The summed E-state index contributed by atoms with van der Waals surface area (Å²) < 4.78 is 0. The van der Waals surface area contributed by atoms with Crippen molar-refractivity contribution < 1.29 is 0 Å².